The lowest BCUT2D eigenvalue weighted by Gasteiger charge is -2.27. The van der Waals surface area contributed by atoms with Gasteiger partial charge < -0.3 is 4.90 Å². The van der Waals surface area contributed by atoms with Gasteiger partial charge in [0.15, 0.2) is 0 Å². The molecular formula is C19H23N3O. The first kappa shape index (κ1) is 14.5. The van der Waals surface area contributed by atoms with Crippen LogP contribution in [-0.4, -0.2) is 33.2 Å². The predicted octanol–water partition coefficient (Wildman–Crippen LogP) is 3.17. The van der Waals surface area contributed by atoms with Gasteiger partial charge in [-0.3, -0.25) is 9.48 Å². The van der Waals surface area contributed by atoms with Crippen molar-refractivity contribution in [2.45, 2.75) is 45.7 Å². The Kier molecular flexibility index (Phi) is 3.47. The van der Waals surface area contributed by atoms with Crippen molar-refractivity contribution < 1.29 is 4.79 Å². The van der Waals surface area contributed by atoms with Gasteiger partial charge in [0.05, 0.1) is 12.2 Å². The maximum Gasteiger partial charge on any atom is 0.254 e. The van der Waals surface area contributed by atoms with Crippen molar-refractivity contribution in [2.75, 3.05) is 6.54 Å². The van der Waals surface area contributed by atoms with Gasteiger partial charge in [0.2, 0.25) is 0 Å². The third-order valence-corrected chi connectivity index (χ3v) is 5.31. The first-order valence-corrected chi connectivity index (χ1v) is 8.51. The van der Waals surface area contributed by atoms with Crippen LogP contribution in [0.2, 0.25) is 0 Å². The van der Waals surface area contributed by atoms with Gasteiger partial charge in [-0.05, 0) is 62.8 Å². The fourth-order valence-electron chi connectivity index (χ4n) is 4.10. The average molecular weight is 309 g/mol. The van der Waals surface area contributed by atoms with E-state index in [0.29, 0.717) is 6.04 Å². The average Bonchev–Trinajstić information content (AvgIpc) is 3.24. The van der Waals surface area contributed by atoms with Gasteiger partial charge in [0, 0.05) is 23.8 Å². The number of likely N-dealkylation sites (tertiary alicyclic amines) is 1. The van der Waals surface area contributed by atoms with E-state index in [-0.39, 0.29) is 5.91 Å². The van der Waals surface area contributed by atoms with Gasteiger partial charge in [-0.1, -0.05) is 12.1 Å². The number of amides is 1. The molecule has 1 saturated carbocycles. The number of carbonyl (C=O) groups is 1. The molecule has 1 aromatic heterocycles. The van der Waals surface area contributed by atoms with E-state index in [0.717, 1.165) is 36.0 Å². The summed E-state index contributed by atoms with van der Waals surface area (Å²) in [6, 6.07) is 10.6. The molecule has 2 fully saturated rings. The zero-order valence-electron chi connectivity index (χ0n) is 13.8. The number of benzene rings is 1. The number of piperidine rings is 1. The van der Waals surface area contributed by atoms with Crippen LogP contribution in [0.1, 0.15) is 46.6 Å². The van der Waals surface area contributed by atoms with Crippen LogP contribution in [0.15, 0.2) is 30.3 Å². The molecule has 0 N–H and O–H groups in total. The predicted molar refractivity (Wildman–Crippen MR) is 89.4 cm³/mol. The van der Waals surface area contributed by atoms with Crippen LogP contribution in [0, 0.1) is 19.8 Å². The third kappa shape index (κ3) is 2.67. The van der Waals surface area contributed by atoms with E-state index in [1.54, 1.807) is 0 Å². The van der Waals surface area contributed by atoms with Crippen molar-refractivity contribution in [2.24, 2.45) is 5.92 Å². The highest BCUT2D eigenvalue weighted by atomic mass is 16.2. The zero-order valence-corrected chi connectivity index (χ0v) is 13.8. The van der Waals surface area contributed by atoms with Crippen LogP contribution < -0.4 is 0 Å². The molecule has 2 heterocycles. The van der Waals surface area contributed by atoms with Crippen LogP contribution in [0.5, 0.6) is 0 Å². The van der Waals surface area contributed by atoms with Gasteiger partial charge in [0.1, 0.15) is 0 Å². The Morgan fingerprint density at radius 3 is 2.57 bits per heavy atom. The quantitative estimate of drug-likeness (QED) is 0.873. The van der Waals surface area contributed by atoms with Gasteiger partial charge in [-0.25, -0.2) is 0 Å². The molecule has 1 aromatic carbocycles. The molecule has 120 valence electrons. The molecule has 2 bridgehead atoms. The topological polar surface area (TPSA) is 38.1 Å². The fourth-order valence-corrected chi connectivity index (χ4v) is 4.10. The molecular weight excluding hydrogens is 286 g/mol. The number of carbonyl (C=O) groups excluding carboxylic acids is 1. The molecule has 2 aliphatic rings. The minimum atomic E-state index is 0.204. The van der Waals surface area contributed by atoms with E-state index in [2.05, 4.69) is 35.1 Å². The Labute approximate surface area is 137 Å². The lowest BCUT2D eigenvalue weighted by molar-refractivity contribution is 0.0703. The fraction of sp³-hybridized carbons (Fsp3) is 0.474. The summed E-state index contributed by atoms with van der Waals surface area (Å²) >= 11 is 0. The van der Waals surface area contributed by atoms with E-state index >= 15 is 0 Å². The van der Waals surface area contributed by atoms with Crippen molar-refractivity contribution in [1.82, 2.24) is 14.7 Å². The lowest BCUT2D eigenvalue weighted by atomic mass is 10.1. The van der Waals surface area contributed by atoms with E-state index in [4.69, 9.17) is 0 Å². The summed E-state index contributed by atoms with van der Waals surface area (Å²) in [4.78, 5) is 14.8. The molecule has 1 amide bonds. The van der Waals surface area contributed by atoms with Crippen LogP contribution >= 0.6 is 0 Å². The van der Waals surface area contributed by atoms with Crippen LogP contribution in [-0.2, 0) is 6.54 Å². The van der Waals surface area contributed by atoms with Gasteiger partial charge >= 0.3 is 0 Å². The minimum absolute atomic E-state index is 0.204. The van der Waals surface area contributed by atoms with E-state index in [1.807, 2.05) is 23.7 Å². The highest BCUT2D eigenvalue weighted by molar-refractivity contribution is 5.94. The summed E-state index contributed by atoms with van der Waals surface area (Å²) < 4.78 is 2.01. The van der Waals surface area contributed by atoms with Gasteiger partial charge in [-0.15, -0.1) is 0 Å². The monoisotopic (exact) mass is 309 g/mol. The maximum absolute atomic E-state index is 12.7. The Hall–Kier alpha value is -2.10. The number of aromatic nitrogens is 2. The molecule has 23 heavy (non-hydrogen) atoms. The summed E-state index contributed by atoms with van der Waals surface area (Å²) in [5.41, 5.74) is 4.19. The van der Waals surface area contributed by atoms with Gasteiger partial charge in [0.25, 0.3) is 5.91 Å². The second-order valence-electron chi connectivity index (χ2n) is 7.07. The van der Waals surface area contributed by atoms with E-state index < -0.39 is 0 Å². The summed E-state index contributed by atoms with van der Waals surface area (Å²) in [6.45, 7) is 5.79. The number of hydrogen-bond acceptors (Lipinski definition) is 2. The highest BCUT2D eigenvalue weighted by Crippen LogP contribution is 2.38. The summed E-state index contributed by atoms with van der Waals surface area (Å²) in [6.07, 6.45) is 3.70. The second-order valence-corrected chi connectivity index (χ2v) is 7.07. The third-order valence-electron chi connectivity index (χ3n) is 5.31. The Balaban J connectivity index is 1.47. The summed E-state index contributed by atoms with van der Waals surface area (Å²) in [5.74, 6) is 0.948. The minimum Gasteiger partial charge on any atom is -0.335 e. The first-order chi connectivity index (χ1) is 11.1. The molecule has 1 aliphatic carbocycles. The largest absolute Gasteiger partial charge is 0.335 e. The molecule has 4 heteroatoms. The van der Waals surface area contributed by atoms with Gasteiger partial charge in [-0.2, -0.15) is 5.10 Å². The van der Waals surface area contributed by atoms with Crippen molar-refractivity contribution in [3.8, 4) is 0 Å². The molecule has 1 saturated heterocycles. The summed E-state index contributed by atoms with van der Waals surface area (Å²) in [5, 5.41) is 4.49. The zero-order chi connectivity index (χ0) is 16.0. The lowest BCUT2D eigenvalue weighted by Crippen LogP contribution is -2.37. The van der Waals surface area contributed by atoms with Crippen LogP contribution in [0.3, 0.4) is 0 Å². The standard InChI is InChI=1S/C19H23N3O/c1-13-9-14(2)22(20-13)12-15-3-6-17(7-4-15)19(23)21-11-16-5-8-18(21)10-16/h3-4,6-7,9,16,18H,5,8,10-12H2,1-2H3/t16-,18-/m0/s1. The smallest absolute Gasteiger partial charge is 0.254 e. The van der Waals surface area contributed by atoms with E-state index in [9.17, 15) is 4.79 Å². The van der Waals surface area contributed by atoms with Crippen LogP contribution in [0.4, 0.5) is 0 Å². The molecule has 1 aliphatic heterocycles. The highest BCUT2D eigenvalue weighted by Gasteiger charge is 2.40. The SMILES string of the molecule is Cc1cc(C)n(Cc2ccc(C(=O)N3C[C@H]4CC[C@H]3C4)cc2)n1. The Morgan fingerprint density at radius 1 is 1.22 bits per heavy atom. The maximum atomic E-state index is 12.7. The molecule has 0 unspecified atom stereocenters. The van der Waals surface area contributed by atoms with E-state index in [1.165, 1.54) is 24.8 Å². The van der Waals surface area contributed by atoms with Crippen molar-refractivity contribution in [3.05, 3.63) is 52.8 Å². The molecule has 0 radical (unpaired) electrons. The van der Waals surface area contributed by atoms with Crippen molar-refractivity contribution >= 4 is 5.91 Å². The van der Waals surface area contributed by atoms with Crippen molar-refractivity contribution in [3.63, 3.8) is 0 Å². The molecule has 4 rings (SSSR count). The molecule has 4 nitrogen and oxygen atoms in total. The normalized spacial score (nSPS) is 22.8. The van der Waals surface area contributed by atoms with Crippen LogP contribution in [0.25, 0.3) is 0 Å². The van der Waals surface area contributed by atoms with Crippen molar-refractivity contribution in [1.29, 1.82) is 0 Å². The number of nitrogens with zero attached hydrogens (tertiary/aromatic N) is 3. The summed E-state index contributed by atoms with van der Waals surface area (Å²) in [7, 11) is 0. The molecule has 2 atom stereocenters. The Bertz CT molecular complexity index is 732. The number of hydrogen-bond donors (Lipinski definition) is 0. The number of rotatable bonds is 3. The molecule has 2 aromatic rings. The second kappa shape index (κ2) is 5.52. The number of aryl methyl sites for hydroxylation is 2. The first-order valence-electron chi connectivity index (χ1n) is 8.51. The molecule has 0 spiro atoms. The Morgan fingerprint density at radius 2 is 2.00 bits per heavy atom. The number of fused-ring (bicyclic) bond motifs is 2.